The van der Waals surface area contributed by atoms with Crippen molar-refractivity contribution in [2.24, 2.45) is 0 Å². The van der Waals surface area contributed by atoms with Crippen LogP contribution in [-0.4, -0.2) is 33.4 Å². The van der Waals surface area contributed by atoms with Crippen molar-refractivity contribution in [2.75, 3.05) is 19.4 Å². The van der Waals surface area contributed by atoms with Crippen molar-refractivity contribution in [1.29, 1.82) is 0 Å². The molecule has 0 aliphatic carbocycles. The van der Waals surface area contributed by atoms with E-state index in [-0.39, 0.29) is 11.3 Å². The largest absolute Gasteiger partial charge is 0.497 e. The van der Waals surface area contributed by atoms with Gasteiger partial charge in [-0.05, 0) is 45.0 Å². The van der Waals surface area contributed by atoms with Crippen LogP contribution >= 0.6 is 0 Å². The zero-order valence-corrected chi connectivity index (χ0v) is 12.2. The van der Waals surface area contributed by atoms with Crippen LogP contribution in [-0.2, 0) is 9.84 Å². The lowest BCUT2D eigenvalue weighted by atomic mass is 10.1. The molecule has 5 heteroatoms. The molecule has 0 amide bonds. The third-order valence-electron chi connectivity index (χ3n) is 2.44. The van der Waals surface area contributed by atoms with E-state index in [4.69, 9.17) is 4.74 Å². The van der Waals surface area contributed by atoms with Crippen molar-refractivity contribution >= 4 is 9.84 Å². The Morgan fingerprint density at radius 3 is 2.17 bits per heavy atom. The van der Waals surface area contributed by atoms with Gasteiger partial charge in [-0.25, -0.2) is 8.42 Å². The molecule has 4 nitrogen and oxygen atoms in total. The van der Waals surface area contributed by atoms with Crippen molar-refractivity contribution < 1.29 is 13.2 Å². The van der Waals surface area contributed by atoms with Crippen LogP contribution in [0.5, 0.6) is 5.75 Å². The highest BCUT2D eigenvalue weighted by Crippen LogP contribution is 2.16. The second-order valence-electron chi connectivity index (χ2n) is 5.17. The second kappa shape index (κ2) is 5.71. The van der Waals surface area contributed by atoms with Crippen LogP contribution in [0, 0.1) is 0 Å². The topological polar surface area (TPSA) is 55.4 Å². The van der Waals surface area contributed by atoms with E-state index in [1.165, 1.54) is 0 Å². The molecular formula is C13H21NO3S. The monoisotopic (exact) mass is 271 g/mol. The Morgan fingerprint density at radius 2 is 1.72 bits per heavy atom. The van der Waals surface area contributed by atoms with E-state index in [0.29, 0.717) is 17.2 Å². The second-order valence-corrected chi connectivity index (χ2v) is 7.28. The normalized spacial score (nSPS) is 12.4. The highest BCUT2D eigenvalue weighted by molar-refractivity contribution is 7.91. The minimum atomic E-state index is -3.23. The molecule has 1 N–H and O–H groups in total. The first-order valence-electron chi connectivity index (χ1n) is 5.86. The fraction of sp³-hybridized carbons (Fsp3) is 0.538. The molecule has 0 spiro atoms. The van der Waals surface area contributed by atoms with Crippen molar-refractivity contribution in [3.8, 4) is 5.75 Å². The molecule has 0 unspecified atom stereocenters. The zero-order valence-electron chi connectivity index (χ0n) is 11.4. The van der Waals surface area contributed by atoms with Crippen LogP contribution in [0.1, 0.15) is 20.8 Å². The molecule has 1 rings (SSSR count). The zero-order chi connectivity index (χ0) is 13.8. The molecule has 0 fully saturated rings. The Hall–Kier alpha value is -1.07. The maximum Gasteiger partial charge on any atom is 0.179 e. The summed E-state index contributed by atoms with van der Waals surface area (Å²) >= 11 is 0. The molecule has 0 bridgehead atoms. The van der Waals surface area contributed by atoms with Gasteiger partial charge in [-0.3, -0.25) is 0 Å². The average Bonchev–Trinajstić information content (AvgIpc) is 2.27. The van der Waals surface area contributed by atoms with E-state index in [0.717, 1.165) is 0 Å². The summed E-state index contributed by atoms with van der Waals surface area (Å²) in [5, 5.41) is 3.17. The first kappa shape index (κ1) is 15.0. The summed E-state index contributed by atoms with van der Waals surface area (Å²) in [4.78, 5) is 0.332. The van der Waals surface area contributed by atoms with E-state index in [1.54, 1.807) is 31.4 Å². The van der Waals surface area contributed by atoms with E-state index in [1.807, 2.05) is 20.8 Å². The van der Waals surface area contributed by atoms with Crippen molar-refractivity contribution in [1.82, 2.24) is 5.32 Å². The number of rotatable bonds is 5. The van der Waals surface area contributed by atoms with Crippen LogP contribution in [0.3, 0.4) is 0 Å². The lowest BCUT2D eigenvalue weighted by molar-refractivity contribution is 0.414. The molecule has 1 aromatic carbocycles. The van der Waals surface area contributed by atoms with Gasteiger partial charge in [0.15, 0.2) is 9.84 Å². The van der Waals surface area contributed by atoms with Crippen LogP contribution in [0.4, 0.5) is 0 Å². The van der Waals surface area contributed by atoms with Gasteiger partial charge >= 0.3 is 0 Å². The summed E-state index contributed by atoms with van der Waals surface area (Å²) in [5.41, 5.74) is -0.0740. The van der Waals surface area contributed by atoms with Gasteiger partial charge in [-0.15, -0.1) is 0 Å². The average molecular weight is 271 g/mol. The minimum Gasteiger partial charge on any atom is -0.497 e. The highest BCUT2D eigenvalue weighted by atomic mass is 32.2. The summed E-state index contributed by atoms with van der Waals surface area (Å²) in [6.45, 7) is 6.46. The molecule has 0 atom stereocenters. The summed E-state index contributed by atoms with van der Waals surface area (Å²) in [7, 11) is -1.67. The highest BCUT2D eigenvalue weighted by Gasteiger charge is 2.16. The van der Waals surface area contributed by atoms with Crippen molar-refractivity contribution in [3.63, 3.8) is 0 Å². The number of sulfone groups is 1. The Morgan fingerprint density at radius 1 is 1.17 bits per heavy atom. The molecule has 0 saturated heterocycles. The molecule has 0 aromatic heterocycles. The number of benzene rings is 1. The summed E-state index contributed by atoms with van der Waals surface area (Å²) in [6.07, 6.45) is 0. The van der Waals surface area contributed by atoms with Gasteiger partial charge < -0.3 is 10.1 Å². The van der Waals surface area contributed by atoms with Crippen molar-refractivity contribution in [2.45, 2.75) is 31.2 Å². The van der Waals surface area contributed by atoms with Gasteiger partial charge in [0.05, 0.1) is 17.8 Å². The lowest BCUT2D eigenvalue weighted by Gasteiger charge is -2.20. The molecule has 0 saturated carbocycles. The fourth-order valence-electron chi connectivity index (χ4n) is 1.46. The van der Waals surface area contributed by atoms with Gasteiger partial charge in [0.2, 0.25) is 0 Å². The first-order valence-corrected chi connectivity index (χ1v) is 7.52. The summed E-state index contributed by atoms with van der Waals surface area (Å²) < 4.78 is 29.1. The Balaban J connectivity index is 2.68. The van der Waals surface area contributed by atoms with E-state index >= 15 is 0 Å². The van der Waals surface area contributed by atoms with Crippen LogP contribution in [0.25, 0.3) is 0 Å². The lowest BCUT2D eigenvalue weighted by Crippen LogP contribution is -2.38. The van der Waals surface area contributed by atoms with Gasteiger partial charge in [0, 0.05) is 12.1 Å². The third kappa shape index (κ3) is 4.66. The van der Waals surface area contributed by atoms with Gasteiger partial charge in [-0.2, -0.15) is 0 Å². The SMILES string of the molecule is COc1ccc(S(=O)(=O)CCNC(C)(C)C)cc1. The standard InChI is InChI=1S/C13H21NO3S/c1-13(2,3)14-9-10-18(15,16)12-7-5-11(17-4)6-8-12/h5-8,14H,9-10H2,1-4H3. The number of ether oxygens (including phenoxy) is 1. The summed E-state index contributed by atoms with van der Waals surface area (Å²) in [6, 6.07) is 6.46. The van der Waals surface area contributed by atoms with Gasteiger partial charge in [-0.1, -0.05) is 0 Å². The maximum atomic E-state index is 12.0. The molecule has 0 heterocycles. The fourth-order valence-corrected chi connectivity index (χ4v) is 2.62. The van der Waals surface area contributed by atoms with E-state index in [2.05, 4.69) is 5.32 Å². The van der Waals surface area contributed by atoms with Gasteiger partial charge in [0.25, 0.3) is 0 Å². The van der Waals surface area contributed by atoms with Crippen LogP contribution in [0.15, 0.2) is 29.2 Å². The van der Waals surface area contributed by atoms with E-state index in [9.17, 15) is 8.42 Å². The summed E-state index contributed by atoms with van der Waals surface area (Å²) in [5.74, 6) is 0.748. The first-order chi connectivity index (χ1) is 8.24. The third-order valence-corrected chi connectivity index (χ3v) is 4.18. The molecule has 0 aliphatic heterocycles. The van der Waals surface area contributed by atoms with Crippen LogP contribution in [0.2, 0.25) is 0 Å². The molecular weight excluding hydrogens is 250 g/mol. The Labute approximate surface area is 109 Å². The van der Waals surface area contributed by atoms with E-state index < -0.39 is 9.84 Å². The Kier molecular flexibility index (Phi) is 4.76. The number of hydrogen-bond acceptors (Lipinski definition) is 4. The molecule has 0 radical (unpaired) electrons. The predicted molar refractivity (Wildman–Crippen MR) is 72.8 cm³/mol. The van der Waals surface area contributed by atoms with Crippen LogP contribution < -0.4 is 10.1 Å². The predicted octanol–water partition coefficient (Wildman–Crippen LogP) is 1.86. The number of hydrogen-bond donors (Lipinski definition) is 1. The quantitative estimate of drug-likeness (QED) is 0.888. The van der Waals surface area contributed by atoms with Gasteiger partial charge in [0.1, 0.15) is 5.75 Å². The Bertz CT molecular complexity index is 472. The molecule has 18 heavy (non-hydrogen) atoms. The smallest absolute Gasteiger partial charge is 0.179 e. The maximum absolute atomic E-state index is 12.0. The molecule has 102 valence electrons. The minimum absolute atomic E-state index is 0.0740. The number of methoxy groups -OCH3 is 1. The molecule has 1 aromatic rings. The van der Waals surface area contributed by atoms with Crippen molar-refractivity contribution in [3.05, 3.63) is 24.3 Å². The number of nitrogens with one attached hydrogen (secondary N) is 1. The molecule has 0 aliphatic rings.